The lowest BCUT2D eigenvalue weighted by Gasteiger charge is -2.22. The summed E-state index contributed by atoms with van der Waals surface area (Å²) in [5, 5.41) is 17.4. The van der Waals surface area contributed by atoms with Crippen LogP contribution in [0.25, 0.3) is 0 Å². The van der Waals surface area contributed by atoms with E-state index in [2.05, 4.69) is 4.98 Å². The number of carbonyl (C=O) groups is 2. The first kappa shape index (κ1) is 15.9. The van der Waals surface area contributed by atoms with Crippen LogP contribution < -0.4 is 0 Å². The number of rotatable bonds is 5. The van der Waals surface area contributed by atoms with Gasteiger partial charge in [0.05, 0.1) is 6.61 Å². The Morgan fingerprint density at radius 2 is 1.85 bits per heavy atom. The zero-order valence-corrected chi connectivity index (χ0v) is 10.1. The topological polar surface area (TPSA) is 90.7 Å². The van der Waals surface area contributed by atoms with Gasteiger partial charge in [-0.2, -0.15) is 13.2 Å². The highest BCUT2D eigenvalue weighted by molar-refractivity contribution is 5.94. The SMILES string of the molecule is O=C(O)c1cccc(C(=O)N(CCO)CC(F)(F)F)n1. The van der Waals surface area contributed by atoms with Crippen LogP contribution in [0.15, 0.2) is 18.2 Å². The fourth-order valence-electron chi connectivity index (χ4n) is 1.42. The lowest BCUT2D eigenvalue weighted by molar-refractivity contribution is -0.141. The van der Waals surface area contributed by atoms with Gasteiger partial charge in [-0.15, -0.1) is 0 Å². The molecule has 0 aliphatic heterocycles. The van der Waals surface area contributed by atoms with Crippen LogP contribution in [0.1, 0.15) is 21.0 Å². The molecule has 1 amide bonds. The van der Waals surface area contributed by atoms with E-state index in [0.717, 1.165) is 12.1 Å². The molecule has 6 nitrogen and oxygen atoms in total. The van der Waals surface area contributed by atoms with Crippen molar-refractivity contribution in [1.29, 1.82) is 0 Å². The highest BCUT2D eigenvalue weighted by Crippen LogP contribution is 2.17. The van der Waals surface area contributed by atoms with Gasteiger partial charge in [-0.1, -0.05) is 6.07 Å². The summed E-state index contributed by atoms with van der Waals surface area (Å²) < 4.78 is 37.0. The van der Waals surface area contributed by atoms with Crippen molar-refractivity contribution < 1.29 is 33.0 Å². The van der Waals surface area contributed by atoms with Gasteiger partial charge in [0.1, 0.15) is 17.9 Å². The molecule has 1 heterocycles. The number of carboxylic acid groups (broad SMARTS) is 1. The standard InChI is InChI=1S/C11H11F3N2O4/c12-11(13,14)6-16(4-5-17)9(18)7-2-1-3-8(15-7)10(19)20/h1-3,17H,4-6H2,(H,19,20). The molecule has 0 spiro atoms. The van der Waals surface area contributed by atoms with Crippen molar-refractivity contribution in [2.75, 3.05) is 19.7 Å². The summed E-state index contributed by atoms with van der Waals surface area (Å²) in [5.74, 6) is -2.50. The number of hydrogen-bond acceptors (Lipinski definition) is 4. The minimum atomic E-state index is -4.63. The minimum absolute atomic E-state index is 0.355. The zero-order valence-electron chi connectivity index (χ0n) is 10.1. The van der Waals surface area contributed by atoms with Gasteiger partial charge >= 0.3 is 12.1 Å². The number of aromatic carboxylic acids is 1. The maximum absolute atomic E-state index is 12.3. The molecule has 2 N–H and O–H groups in total. The van der Waals surface area contributed by atoms with Gasteiger partial charge in [-0.3, -0.25) is 4.79 Å². The molecule has 9 heteroatoms. The second-order valence-electron chi connectivity index (χ2n) is 3.78. The number of aliphatic hydroxyl groups excluding tert-OH is 1. The van der Waals surface area contributed by atoms with Crippen LogP contribution in [-0.2, 0) is 0 Å². The molecule has 0 saturated carbocycles. The summed E-state index contributed by atoms with van der Waals surface area (Å²) in [6.07, 6.45) is -4.63. The van der Waals surface area contributed by atoms with E-state index in [4.69, 9.17) is 10.2 Å². The van der Waals surface area contributed by atoms with E-state index in [-0.39, 0.29) is 0 Å². The lowest BCUT2D eigenvalue weighted by Crippen LogP contribution is -2.41. The van der Waals surface area contributed by atoms with Crippen LogP contribution in [-0.4, -0.2) is 57.8 Å². The summed E-state index contributed by atoms with van der Waals surface area (Å²) in [7, 11) is 0. The molecule has 110 valence electrons. The summed E-state index contributed by atoms with van der Waals surface area (Å²) >= 11 is 0. The Bertz CT molecular complexity index is 505. The number of carboxylic acids is 1. The third kappa shape index (κ3) is 4.50. The molecular formula is C11H11F3N2O4. The number of pyridine rings is 1. The Morgan fingerprint density at radius 3 is 2.35 bits per heavy atom. The van der Waals surface area contributed by atoms with Crippen LogP contribution >= 0.6 is 0 Å². The van der Waals surface area contributed by atoms with E-state index in [0.29, 0.717) is 4.90 Å². The van der Waals surface area contributed by atoms with Gasteiger partial charge in [-0.05, 0) is 12.1 Å². The molecule has 0 saturated heterocycles. The number of alkyl halides is 3. The Labute approximate surface area is 111 Å². The van der Waals surface area contributed by atoms with Gasteiger partial charge in [0.2, 0.25) is 0 Å². The number of aromatic nitrogens is 1. The van der Waals surface area contributed by atoms with Gasteiger partial charge in [-0.25, -0.2) is 9.78 Å². The lowest BCUT2D eigenvalue weighted by atomic mass is 10.2. The minimum Gasteiger partial charge on any atom is -0.477 e. The first-order chi connectivity index (χ1) is 9.24. The largest absolute Gasteiger partial charge is 0.477 e. The Balaban J connectivity index is 3.00. The van der Waals surface area contributed by atoms with E-state index in [9.17, 15) is 22.8 Å². The second-order valence-corrected chi connectivity index (χ2v) is 3.78. The smallest absolute Gasteiger partial charge is 0.406 e. The maximum atomic E-state index is 12.3. The fraction of sp³-hybridized carbons (Fsp3) is 0.364. The van der Waals surface area contributed by atoms with Crippen LogP contribution in [0.2, 0.25) is 0 Å². The van der Waals surface area contributed by atoms with Crippen molar-refractivity contribution in [3.63, 3.8) is 0 Å². The molecule has 1 aromatic heterocycles. The molecule has 1 rings (SSSR count). The van der Waals surface area contributed by atoms with E-state index in [1.54, 1.807) is 0 Å². The number of halogens is 3. The second kappa shape index (κ2) is 6.33. The molecule has 1 aromatic rings. The fourth-order valence-corrected chi connectivity index (χ4v) is 1.42. The number of hydrogen-bond donors (Lipinski definition) is 2. The van der Waals surface area contributed by atoms with Crippen molar-refractivity contribution in [2.24, 2.45) is 0 Å². The molecule has 0 fully saturated rings. The van der Waals surface area contributed by atoms with E-state index < -0.39 is 49.1 Å². The average Bonchev–Trinajstić information content (AvgIpc) is 2.36. The van der Waals surface area contributed by atoms with Gasteiger partial charge in [0, 0.05) is 6.54 Å². The van der Waals surface area contributed by atoms with Crippen LogP contribution in [0, 0.1) is 0 Å². The Hall–Kier alpha value is -2.16. The van der Waals surface area contributed by atoms with Crippen LogP contribution in [0.3, 0.4) is 0 Å². The molecular weight excluding hydrogens is 281 g/mol. The first-order valence-corrected chi connectivity index (χ1v) is 5.42. The summed E-state index contributed by atoms with van der Waals surface area (Å²) in [6, 6.07) is 3.42. The van der Waals surface area contributed by atoms with Crippen molar-refractivity contribution in [1.82, 2.24) is 9.88 Å². The third-order valence-corrected chi connectivity index (χ3v) is 2.21. The molecule has 0 radical (unpaired) electrons. The Morgan fingerprint density at radius 1 is 1.25 bits per heavy atom. The van der Waals surface area contributed by atoms with Crippen LogP contribution in [0.4, 0.5) is 13.2 Å². The number of amides is 1. The maximum Gasteiger partial charge on any atom is 0.406 e. The quantitative estimate of drug-likeness (QED) is 0.836. The van der Waals surface area contributed by atoms with Gasteiger partial charge in [0.15, 0.2) is 0 Å². The summed E-state index contributed by atoms with van der Waals surface area (Å²) in [6.45, 7) is -2.73. The monoisotopic (exact) mass is 292 g/mol. The van der Waals surface area contributed by atoms with Gasteiger partial charge in [0.25, 0.3) is 5.91 Å². The molecule has 0 aliphatic rings. The molecule has 0 unspecified atom stereocenters. The zero-order chi connectivity index (χ0) is 15.3. The predicted molar refractivity (Wildman–Crippen MR) is 60.2 cm³/mol. The van der Waals surface area contributed by atoms with Gasteiger partial charge < -0.3 is 15.1 Å². The first-order valence-electron chi connectivity index (χ1n) is 5.42. The average molecular weight is 292 g/mol. The molecule has 20 heavy (non-hydrogen) atoms. The summed E-state index contributed by atoms with van der Waals surface area (Å²) in [5.41, 5.74) is -0.880. The number of nitrogens with zero attached hydrogens (tertiary/aromatic N) is 2. The number of aliphatic hydroxyl groups is 1. The molecule has 0 aliphatic carbocycles. The molecule has 0 atom stereocenters. The van der Waals surface area contributed by atoms with E-state index in [1.165, 1.54) is 6.07 Å². The highest BCUT2D eigenvalue weighted by atomic mass is 19.4. The Kier molecular flexibility index (Phi) is 5.03. The van der Waals surface area contributed by atoms with Crippen molar-refractivity contribution in [3.8, 4) is 0 Å². The van der Waals surface area contributed by atoms with E-state index in [1.807, 2.05) is 0 Å². The molecule has 0 bridgehead atoms. The molecule has 0 aromatic carbocycles. The predicted octanol–water partition coefficient (Wildman–Crippen LogP) is 0.777. The number of carbonyl (C=O) groups excluding carboxylic acids is 1. The summed E-state index contributed by atoms with van der Waals surface area (Å²) in [4.78, 5) is 26.4. The van der Waals surface area contributed by atoms with Crippen molar-refractivity contribution in [2.45, 2.75) is 6.18 Å². The highest BCUT2D eigenvalue weighted by Gasteiger charge is 2.33. The third-order valence-electron chi connectivity index (χ3n) is 2.21. The van der Waals surface area contributed by atoms with Crippen molar-refractivity contribution in [3.05, 3.63) is 29.6 Å². The normalized spacial score (nSPS) is 11.2. The van der Waals surface area contributed by atoms with Crippen molar-refractivity contribution >= 4 is 11.9 Å². The van der Waals surface area contributed by atoms with Crippen LogP contribution in [0.5, 0.6) is 0 Å². The van der Waals surface area contributed by atoms with E-state index >= 15 is 0 Å².